The van der Waals surface area contributed by atoms with Crippen molar-refractivity contribution in [3.8, 4) is 5.75 Å². The molecule has 1 aliphatic heterocycles. The normalized spacial score (nSPS) is 16.9. The van der Waals surface area contributed by atoms with E-state index < -0.39 is 6.23 Å². The molecule has 120 valence electrons. The highest BCUT2D eigenvalue weighted by molar-refractivity contribution is 7.10. The number of amides is 1. The lowest BCUT2D eigenvalue weighted by Crippen LogP contribution is -2.24. The lowest BCUT2D eigenvalue weighted by molar-refractivity contribution is -0.135. The minimum atomic E-state index is -0.516. The average molecular weight is 351 g/mol. The van der Waals surface area contributed by atoms with Crippen LogP contribution in [0.15, 0.2) is 40.8 Å². The fourth-order valence-electron chi connectivity index (χ4n) is 2.20. The van der Waals surface area contributed by atoms with E-state index in [-0.39, 0.29) is 12.5 Å². The number of rotatable bonds is 4. The second-order valence-corrected chi connectivity index (χ2v) is 6.46. The van der Waals surface area contributed by atoms with Gasteiger partial charge in [0.15, 0.2) is 6.61 Å². The van der Waals surface area contributed by atoms with Crippen molar-refractivity contribution in [2.45, 2.75) is 20.1 Å². The molecule has 1 aromatic carbocycles. The molecular weight excluding hydrogens is 336 g/mol. The highest BCUT2D eigenvalue weighted by atomic mass is 35.5. The third-order valence-electron chi connectivity index (χ3n) is 3.29. The molecule has 0 unspecified atom stereocenters. The van der Waals surface area contributed by atoms with Crippen LogP contribution in [0.2, 0.25) is 5.02 Å². The number of hydrazone groups is 1. The van der Waals surface area contributed by atoms with Crippen LogP contribution in [0.4, 0.5) is 0 Å². The standard InChI is InChI=1S/C16H15ClN2O3S/c1-10-8-12(17)5-6-13(10)21-9-15-18-19(11(2)20)16(22-15)14-4-3-7-23-14/h3-8,16H,9H2,1-2H3/t16-/m1/s1. The van der Waals surface area contributed by atoms with Crippen LogP contribution in [0.1, 0.15) is 23.6 Å². The molecule has 1 atom stereocenters. The molecule has 0 saturated carbocycles. The quantitative estimate of drug-likeness (QED) is 0.838. The van der Waals surface area contributed by atoms with Gasteiger partial charge in [-0.15, -0.1) is 16.4 Å². The summed E-state index contributed by atoms with van der Waals surface area (Å²) in [4.78, 5) is 12.7. The van der Waals surface area contributed by atoms with Crippen molar-refractivity contribution in [1.29, 1.82) is 0 Å². The van der Waals surface area contributed by atoms with Crippen molar-refractivity contribution in [3.05, 3.63) is 51.2 Å². The second kappa shape index (κ2) is 6.60. The zero-order valence-electron chi connectivity index (χ0n) is 12.7. The van der Waals surface area contributed by atoms with E-state index in [0.29, 0.717) is 16.7 Å². The number of aryl methyl sites for hydroxylation is 1. The van der Waals surface area contributed by atoms with E-state index in [1.54, 1.807) is 12.1 Å². The van der Waals surface area contributed by atoms with Crippen LogP contribution in [0.5, 0.6) is 5.75 Å². The first kappa shape index (κ1) is 15.8. The van der Waals surface area contributed by atoms with Gasteiger partial charge in [0.2, 0.25) is 18.0 Å². The Morgan fingerprint density at radius 1 is 1.48 bits per heavy atom. The maximum absolute atomic E-state index is 11.8. The van der Waals surface area contributed by atoms with E-state index >= 15 is 0 Å². The van der Waals surface area contributed by atoms with Crippen LogP contribution in [-0.2, 0) is 9.53 Å². The predicted octanol–water partition coefficient (Wildman–Crippen LogP) is 3.98. The highest BCUT2D eigenvalue weighted by Crippen LogP contribution is 2.31. The lowest BCUT2D eigenvalue weighted by atomic mass is 10.2. The van der Waals surface area contributed by atoms with Crippen molar-refractivity contribution in [3.63, 3.8) is 0 Å². The molecule has 0 bridgehead atoms. The van der Waals surface area contributed by atoms with Gasteiger partial charge in [0, 0.05) is 11.9 Å². The molecule has 0 radical (unpaired) electrons. The largest absolute Gasteiger partial charge is 0.484 e. The minimum absolute atomic E-state index is 0.147. The van der Waals surface area contributed by atoms with Gasteiger partial charge in [0.1, 0.15) is 5.75 Å². The molecule has 7 heteroatoms. The maximum Gasteiger partial charge on any atom is 0.247 e. The van der Waals surface area contributed by atoms with Crippen LogP contribution in [0.3, 0.4) is 0 Å². The molecule has 1 amide bonds. The van der Waals surface area contributed by atoms with Gasteiger partial charge < -0.3 is 9.47 Å². The van der Waals surface area contributed by atoms with Gasteiger partial charge in [-0.3, -0.25) is 4.79 Å². The summed E-state index contributed by atoms with van der Waals surface area (Å²) >= 11 is 7.44. The number of thiophene rings is 1. The fourth-order valence-corrected chi connectivity index (χ4v) is 3.16. The Kier molecular flexibility index (Phi) is 4.54. The summed E-state index contributed by atoms with van der Waals surface area (Å²) in [5, 5.41) is 8.14. The molecule has 2 aromatic rings. The van der Waals surface area contributed by atoms with E-state index in [0.717, 1.165) is 10.4 Å². The summed E-state index contributed by atoms with van der Waals surface area (Å²) in [6.45, 7) is 3.52. The Hall–Kier alpha value is -2.05. The Balaban J connectivity index is 1.71. The molecule has 0 saturated heterocycles. The van der Waals surface area contributed by atoms with Crippen LogP contribution in [0, 0.1) is 6.92 Å². The summed E-state index contributed by atoms with van der Waals surface area (Å²) in [5.41, 5.74) is 0.925. The number of carbonyl (C=O) groups excluding carboxylic acids is 1. The van der Waals surface area contributed by atoms with Crippen molar-refractivity contribution in [2.75, 3.05) is 6.61 Å². The van der Waals surface area contributed by atoms with Crippen molar-refractivity contribution >= 4 is 34.7 Å². The average Bonchev–Trinajstić information content (AvgIpc) is 3.15. The van der Waals surface area contributed by atoms with Gasteiger partial charge in [-0.05, 0) is 42.1 Å². The summed E-state index contributed by atoms with van der Waals surface area (Å²) in [6.07, 6.45) is -0.516. The molecule has 0 N–H and O–H groups in total. The zero-order chi connectivity index (χ0) is 16.4. The Bertz CT molecular complexity index is 746. The summed E-state index contributed by atoms with van der Waals surface area (Å²) in [5.74, 6) is 0.892. The number of benzene rings is 1. The molecule has 0 spiro atoms. The van der Waals surface area contributed by atoms with Gasteiger partial charge >= 0.3 is 0 Å². The number of hydrogen-bond acceptors (Lipinski definition) is 5. The molecular formula is C16H15ClN2O3S. The first-order valence-corrected chi connectivity index (χ1v) is 8.26. The Morgan fingerprint density at radius 3 is 2.96 bits per heavy atom. The summed E-state index contributed by atoms with van der Waals surface area (Å²) in [6, 6.07) is 9.20. The van der Waals surface area contributed by atoms with E-state index in [1.807, 2.05) is 30.5 Å². The smallest absolute Gasteiger partial charge is 0.247 e. The molecule has 1 aliphatic rings. The van der Waals surface area contributed by atoms with Gasteiger partial charge in [0.05, 0.1) is 4.88 Å². The van der Waals surface area contributed by atoms with E-state index in [9.17, 15) is 4.79 Å². The number of nitrogens with zero attached hydrogens (tertiary/aromatic N) is 2. The van der Waals surface area contributed by atoms with E-state index in [4.69, 9.17) is 21.1 Å². The number of halogens is 1. The monoisotopic (exact) mass is 350 g/mol. The van der Waals surface area contributed by atoms with Crippen molar-refractivity contribution < 1.29 is 14.3 Å². The molecule has 1 aromatic heterocycles. The fraction of sp³-hybridized carbons (Fsp3) is 0.250. The maximum atomic E-state index is 11.8. The van der Waals surface area contributed by atoms with Gasteiger partial charge in [-0.25, -0.2) is 0 Å². The molecule has 23 heavy (non-hydrogen) atoms. The second-order valence-electron chi connectivity index (χ2n) is 5.04. The van der Waals surface area contributed by atoms with Gasteiger partial charge in [-0.1, -0.05) is 17.7 Å². The minimum Gasteiger partial charge on any atom is -0.484 e. The SMILES string of the molecule is CC(=O)N1N=C(COc2ccc(Cl)cc2C)O[C@@H]1c1cccs1. The number of ether oxygens (including phenoxy) is 2. The van der Waals surface area contributed by atoms with Crippen LogP contribution >= 0.6 is 22.9 Å². The third kappa shape index (κ3) is 3.48. The molecule has 0 fully saturated rings. The molecule has 0 aliphatic carbocycles. The highest BCUT2D eigenvalue weighted by Gasteiger charge is 2.33. The molecule has 3 rings (SSSR count). The van der Waals surface area contributed by atoms with Crippen LogP contribution < -0.4 is 4.74 Å². The van der Waals surface area contributed by atoms with Crippen LogP contribution in [-0.4, -0.2) is 23.4 Å². The third-order valence-corrected chi connectivity index (χ3v) is 4.42. The molecule has 5 nitrogen and oxygen atoms in total. The van der Waals surface area contributed by atoms with E-state index in [2.05, 4.69) is 5.10 Å². The van der Waals surface area contributed by atoms with E-state index in [1.165, 1.54) is 23.3 Å². The Morgan fingerprint density at radius 2 is 2.30 bits per heavy atom. The van der Waals surface area contributed by atoms with Gasteiger partial charge in [0.25, 0.3) is 0 Å². The predicted molar refractivity (Wildman–Crippen MR) is 89.8 cm³/mol. The summed E-state index contributed by atoms with van der Waals surface area (Å²) < 4.78 is 11.5. The van der Waals surface area contributed by atoms with Crippen molar-refractivity contribution in [2.24, 2.45) is 5.10 Å². The molecule has 2 heterocycles. The number of hydrogen-bond donors (Lipinski definition) is 0. The zero-order valence-corrected chi connectivity index (χ0v) is 14.2. The van der Waals surface area contributed by atoms with Crippen molar-refractivity contribution in [1.82, 2.24) is 5.01 Å². The van der Waals surface area contributed by atoms with Crippen LogP contribution in [0.25, 0.3) is 0 Å². The summed E-state index contributed by atoms with van der Waals surface area (Å²) in [7, 11) is 0. The first-order valence-electron chi connectivity index (χ1n) is 7.01. The number of carbonyl (C=O) groups is 1. The topological polar surface area (TPSA) is 51.1 Å². The Labute approximate surface area is 143 Å². The van der Waals surface area contributed by atoms with Gasteiger partial charge in [-0.2, -0.15) is 5.01 Å². The lowest BCUT2D eigenvalue weighted by Gasteiger charge is -2.17. The first-order chi connectivity index (χ1) is 11.0.